The van der Waals surface area contributed by atoms with Crippen LogP contribution in [-0.4, -0.2) is 33.9 Å². The highest BCUT2D eigenvalue weighted by Gasteiger charge is 2.39. The molecule has 1 aliphatic rings. The monoisotopic (exact) mass is 357 g/mol. The lowest BCUT2D eigenvalue weighted by Crippen LogP contribution is -2.31. The number of benzene rings is 1. The maximum Gasteiger partial charge on any atom is 0.304 e. The Balaban J connectivity index is 2.07. The van der Waals surface area contributed by atoms with E-state index >= 15 is 0 Å². The molecule has 0 bridgehead atoms. The zero-order valence-electron chi connectivity index (χ0n) is 10.4. The van der Waals surface area contributed by atoms with Crippen molar-refractivity contribution in [2.24, 2.45) is 0 Å². The Morgan fingerprint density at radius 2 is 2.20 bits per heavy atom. The van der Waals surface area contributed by atoms with Gasteiger partial charge >= 0.3 is 5.97 Å². The van der Waals surface area contributed by atoms with Crippen LogP contribution in [0.2, 0.25) is 0 Å². The van der Waals surface area contributed by atoms with Crippen LogP contribution in [0.5, 0.6) is 0 Å². The minimum Gasteiger partial charge on any atom is -0.481 e. The molecule has 1 aromatic carbocycles. The second kappa shape index (κ2) is 6.41. The van der Waals surface area contributed by atoms with Gasteiger partial charge in [-0.2, -0.15) is 0 Å². The number of halogens is 1. The van der Waals surface area contributed by atoms with Crippen LogP contribution in [0.3, 0.4) is 0 Å². The Morgan fingerprint density at radius 1 is 1.45 bits per heavy atom. The summed E-state index contributed by atoms with van der Waals surface area (Å²) in [5, 5.41) is 8.10. The summed E-state index contributed by atoms with van der Waals surface area (Å²) in [6.45, 7) is 0. The van der Waals surface area contributed by atoms with Gasteiger partial charge in [-0.1, -0.05) is 22.0 Å². The smallest absolute Gasteiger partial charge is 0.304 e. The number of hydrogen-bond donors (Lipinski definition) is 1. The van der Waals surface area contributed by atoms with Gasteiger partial charge in [0.2, 0.25) is 11.8 Å². The summed E-state index contributed by atoms with van der Waals surface area (Å²) >= 11 is 4.52. The van der Waals surface area contributed by atoms with E-state index in [-0.39, 0.29) is 24.7 Å². The second-order valence-electron chi connectivity index (χ2n) is 4.25. The van der Waals surface area contributed by atoms with Crippen LogP contribution < -0.4 is 4.90 Å². The maximum atomic E-state index is 12.2. The van der Waals surface area contributed by atoms with E-state index in [4.69, 9.17) is 5.11 Å². The molecule has 20 heavy (non-hydrogen) atoms. The zero-order valence-corrected chi connectivity index (χ0v) is 12.8. The van der Waals surface area contributed by atoms with Crippen LogP contribution in [0, 0.1) is 0 Å². The van der Waals surface area contributed by atoms with Gasteiger partial charge in [-0.05, 0) is 18.2 Å². The number of anilines is 1. The third-order valence-corrected chi connectivity index (χ3v) is 4.51. The van der Waals surface area contributed by atoms with Crippen molar-refractivity contribution in [2.45, 2.75) is 18.1 Å². The molecule has 0 aromatic heterocycles. The molecule has 0 radical (unpaired) electrons. The minimum atomic E-state index is -0.905. The molecule has 7 heteroatoms. The number of amides is 2. The third-order valence-electron chi connectivity index (χ3n) is 2.81. The van der Waals surface area contributed by atoms with E-state index in [9.17, 15) is 14.4 Å². The summed E-state index contributed by atoms with van der Waals surface area (Å²) in [4.78, 5) is 35.8. The first-order valence-electron chi connectivity index (χ1n) is 5.95. The number of carboxylic acids is 1. The molecule has 1 aromatic rings. The van der Waals surface area contributed by atoms with E-state index in [1.807, 2.05) is 6.07 Å². The highest BCUT2D eigenvalue weighted by Crippen LogP contribution is 2.31. The van der Waals surface area contributed by atoms with Gasteiger partial charge in [-0.25, -0.2) is 4.90 Å². The molecule has 2 rings (SSSR count). The van der Waals surface area contributed by atoms with Crippen molar-refractivity contribution in [1.82, 2.24) is 0 Å². The highest BCUT2D eigenvalue weighted by molar-refractivity contribution is 9.10. The Labute approximate surface area is 128 Å². The average Bonchev–Trinajstić information content (AvgIpc) is 2.64. The lowest BCUT2D eigenvalue weighted by atomic mass is 10.3. The van der Waals surface area contributed by atoms with E-state index in [0.717, 1.165) is 4.47 Å². The predicted octanol–water partition coefficient (Wildman–Crippen LogP) is 2.29. The van der Waals surface area contributed by atoms with Gasteiger partial charge in [0.1, 0.15) is 0 Å². The van der Waals surface area contributed by atoms with Crippen molar-refractivity contribution >= 4 is 51.2 Å². The number of carbonyl (C=O) groups is 3. The number of imide groups is 1. The fourth-order valence-corrected chi connectivity index (χ4v) is 3.38. The molecule has 1 aliphatic heterocycles. The molecule has 1 N–H and O–H groups in total. The quantitative estimate of drug-likeness (QED) is 0.818. The SMILES string of the molecule is O=C(O)CCSC1CC(=O)N(c2cccc(Br)c2)C1=O. The van der Waals surface area contributed by atoms with Crippen molar-refractivity contribution in [3.63, 3.8) is 0 Å². The van der Waals surface area contributed by atoms with E-state index in [2.05, 4.69) is 15.9 Å². The van der Waals surface area contributed by atoms with E-state index < -0.39 is 11.2 Å². The van der Waals surface area contributed by atoms with Crippen LogP contribution in [0.4, 0.5) is 5.69 Å². The van der Waals surface area contributed by atoms with Crippen molar-refractivity contribution in [3.8, 4) is 0 Å². The van der Waals surface area contributed by atoms with Gasteiger partial charge < -0.3 is 5.11 Å². The number of thioether (sulfide) groups is 1. The lowest BCUT2D eigenvalue weighted by Gasteiger charge is -2.15. The Morgan fingerprint density at radius 3 is 2.85 bits per heavy atom. The minimum absolute atomic E-state index is 0.0144. The van der Waals surface area contributed by atoms with Crippen molar-refractivity contribution in [1.29, 1.82) is 0 Å². The number of rotatable bonds is 5. The molecule has 0 spiro atoms. The van der Waals surface area contributed by atoms with Crippen LogP contribution in [0.25, 0.3) is 0 Å². The Hall–Kier alpha value is -1.34. The second-order valence-corrected chi connectivity index (χ2v) is 6.48. The fraction of sp³-hybridized carbons (Fsp3) is 0.308. The van der Waals surface area contributed by atoms with Crippen LogP contribution in [-0.2, 0) is 14.4 Å². The Kier molecular flexibility index (Phi) is 4.82. The third kappa shape index (κ3) is 3.40. The van der Waals surface area contributed by atoms with Crippen molar-refractivity contribution in [3.05, 3.63) is 28.7 Å². The highest BCUT2D eigenvalue weighted by atomic mass is 79.9. The fourth-order valence-electron chi connectivity index (χ4n) is 1.91. The molecule has 106 valence electrons. The molecule has 1 unspecified atom stereocenters. The van der Waals surface area contributed by atoms with Gasteiger partial charge in [-0.15, -0.1) is 11.8 Å². The lowest BCUT2D eigenvalue weighted by molar-refractivity contribution is -0.136. The number of aliphatic carboxylic acids is 1. The molecule has 5 nitrogen and oxygen atoms in total. The summed E-state index contributed by atoms with van der Waals surface area (Å²) in [6.07, 6.45) is 0.106. The summed E-state index contributed by atoms with van der Waals surface area (Å²) in [5.74, 6) is -1.10. The summed E-state index contributed by atoms with van der Waals surface area (Å²) < 4.78 is 0.789. The zero-order chi connectivity index (χ0) is 14.7. The Bertz CT molecular complexity index is 563. The number of carboxylic acid groups (broad SMARTS) is 1. The topological polar surface area (TPSA) is 74.7 Å². The number of nitrogens with zero attached hydrogens (tertiary/aromatic N) is 1. The van der Waals surface area contributed by atoms with Crippen LogP contribution >= 0.6 is 27.7 Å². The van der Waals surface area contributed by atoms with Crippen molar-refractivity contribution in [2.75, 3.05) is 10.7 Å². The maximum absolute atomic E-state index is 12.2. The van der Waals surface area contributed by atoms with E-state index in [1.54, 1.807) is 18.2 Å². The molecule has 0 saturated carbocycles. The van der Waals surface area contributed by atoms with Gasteiger partial charge in [0.15, 0.2) is 0 Å². The summed E-state index contributed by atoms with van der Waals surface area (Å²) in [6, 6.07) is 6.98. The first-order valence-corrected chi connectivity index (χ1v) is 7.79. The van der Waals surface area contributed by atoms with E-state index in [1.165, 1.54) is 16.7 Å². The normalized spacial score (nSPS) is 18.6. The molecule has 0 aliphatic carbocycles. The van der Waals surface area contributed by atoms with Gasteiger partial charge in [0, 0.05) is 16.6 Å². The van der Waals surface area contributed by atoms with E-state index in [0.29, 0.717) is 11.4 Å². The molecule has 1 atom stereocenters. The van der Waals surface area contributed by atoms with Crippen LogP contribution in [0.1, 0.15) is 12.8 Å². The first kappa shape index (κ1) is 15.1. The predicted molar refractivity (Wildman–Crippen MR) is 79.8 cm³/mol. The number of hydrogen-bond acceptors (Lipinski definition) is 4. The molecule has 2 amide bonds. The molecular weight excluding hydrogens is 346 g/mol. The first-order chi connectivity index (χ1) is 9.49. The molecule has 1 fully saturated rings. The van der Waals surface area contributed by atoms with Gasteiger partial charge in [0.25, 0.3) is 0 Å². The standard InChI is InChI=1S/C13H12BrNO4S/c14-8-2-1-3-9(6-8)15-11(16)7-10(13(15)19)20-5-4-12(17)18/h1-3,6,10H,4-5,7H2,(H,17,18). The van der Waals surface area contributed by atoms with Gasteiger partial charge in [-0.3, -0.25) is 14.4 Å². The number of carbonyl (C=O) groups excluding carboxylic acids is 2. The molecule has 1 heterocycles. The average molecular weight is 358 g/mol. The molecular formula is C13H12BrNO4S. The largest absolute Gasteiger partial charge is 0.481 e. The van der Waals surface area contributed by atoms with Crippen LogP contribution in [0.15, 0.2) is 28.7 Å². The summed E-state index contributed by atoms with van der Waals surface area (Å²) in [7, 11) is 0. The van der Waals surface area contributed by atoms with Crippen molar-refractivity contribution < 1.29 is 19.5 Å². The summed E-state index contributed by atoms with van der Waals surface area (Å²) in [5.41, 5.74) is 0.538. The van der Waals surface area contributed by atoms with Gasteiger partial charge in [0.05, 0.1) is 17.4 Å². The molecule has 1 saturated heterocycles.